The van der Waals surface area contributed by atoms with Crippen LogP contribution in [0, 0.1) is 0 Å². The molecule has 0 saturated carbocycles. The van der Waals surface area contributed by atoms with E-state index in [0.717, 1.165) is 27.9 Å². The first-order chi connectivity index (χ1) is 28.8. The van der Waals surface area contributed by atoms with Crippen molar-refractivity contribution >= 4 is 94.4 Å². The number of aromatic nitrogens is 2. The van der Waals surface area contributed by atoms with Crippen LogP contribution in [0.3, 0.4) is 0 Å². The van der Waals surface area contributed by atoms with Crippen molar-refractivity contribution < 1.29 is 4.42 Å². The van der Waals surface area contributed by atoms with Crippen LogP contribution in [-0.4, -0.2) is 17.2 Å². The molecule has 4 heteroatoms. The van der Waals surface area contributed by atoms with Crippen LogP contribution in [0.1, 0.15) is 0 Å². The average molecular weight is 757 g/mol. The summed E-state index contributed by atoms with van der Waals surface area (Å²) >= 11 is 0. The maximum absolute atomic E-state index is 6.38. The molecule has 0 atom stereocenters. The second kappa shape index (κ2) is 12.8. The third-order valence-electron chi connectivity index (χ3n) is 12.3. The zero-order valence-corrected chi connectivity index (χ0v) is 32.6. The first-order valence-electron chi connectivity index (χ1n) is 19.9. The number of furan rings is 1. The van der Waals surface area contributed by atoms with Crippen molar-refractivity contribution in [2.45, 2.75) is 0 Å². The summed E-state index contributed by atoms with van der Waals surface area (Å²) in [7, 11) is -3.01. The Hall–Kier alpha value is -7.40. The van der Waals surface area contributed by atoms with Crippen molar-refractivity contribution in [3.63, 3.8) is 0 Å². The summed E-state index contributed by atoms with van der Waals surface area (Å²) < 4.78 is 11.3. The molecule has 0 aliphatic rings. The molecule has 0 bridgehead atoms. The molecule has 3 heterocycles. The highest BCUT2D eigenvalue weighted by molar-refractivity contribution is 7.20. The molecule has 0 saturated heterocycles. The van der Waals surface area contributed by atoms with E-state index in [1.165, 1.54) is 69.7 Å². The monoisotopic (exact) mass is 756 g/mol. The fourth-order valence-electron chi connectivity index (χ4n) is 9.92. The standard InChI is InChI=1S/C54H36N2OSi/c1-4-17-37(18-5-1)56-46-27-13-10-23-42(46)43-26-16-30-51(54(43)56)58(39-19-6-2-7-20-39,40-21-8-3-9-22-40)41-33-31-38(32-34-41)55-47-28-14-11-24-44(47)52-48(55)35-36-50-53(52)45-25-12-15-29-49(45)57-50/h1-36H. The summed E-state index contributed by atoms with van der Waals surface area (Å²) in [5, 5.41) is 12.7. The normalized spacial score (nSPS) is 12.1. The van der Waals surface area contributed by atoms with Crippen LogP contribution in [0.15, 0.2) is 223 Å². The molecule has 0 fully saturated rings. The molecule has 0 radical (unpaired) electrons. The molecule has 0 N–H and O–H groups in total. The Kier molecular flexibility index (Phi) is 7.25. The summed E-state index contributed by atoms with van der Waals surface area (Å²) in [6, 6.07) is 80.3. The first-order valence-corrected chi connectivity index (χ1v) is 21.9. The third kappa shape index (κ3) is 4.61. The van der Waals surface area contributed by atoms with E-state index in [2.05, 4.69) is 221 Å². The molecular weight excluding hydrogens is 721 g/mol. The minimum atomic E-state index is -3.01. The van der Waals surface area contributed by atoms with Gasteiger partial charge in [0, 0.05) is 43.7 Å². The average Bonchev–Trinajstić information content (AvgIpc) is 3.96. The summed E-state index contributed by atoms with van der Waals surface area (Å²) in [4.78, 5) is 0. The second-order valence-electron chi connectivity index (χ2n) is 15.2. The topological polar surface area (TPSA) is 23.0 Å². The number of fused-ring (bicyclic) bond motifs is 10. The minimum absolute atomic E-state index is 0.913. The molecule has 0 aliphatic carbocycles. The summed E-state index contributed by atoms with van der Waals surface area (Å²) in [5.74, 6) is 0. The summed E-state index contributed by atoms with van der Waals surface area (Å²) in [6.45, 7) is 0. The predicted octanol–water partition coefficient (Wildman–Crippen LogP) is 11.2. The van der Waals surface area contributed by atoms with Crippen molar-refractivity contribution in [1.29, 1.82) is 0 Å². The molecule has 0 aliphatic heterocycles. The van der Waals surface area contributed by atoms with Crippen molar-refractivity contribution in [2.75, 3.05) is 0 Å². The van der Waals surface area contributed by atoms with Crippen LogP contribution in [0.5, 0.6) is 0 Å². The zero-order chi connectivity index (χ0) is 38.2. The van der Waals surface area contributed by atoms with Crippen LogP contribution in [0.4, 0.5) is 0 Å². The first kappa shape index (κ1) is 32.8. The van der Waals surface area contributed by atoms with Gasteiger partial charge in [-0.05, 0) is 75.3 Å². The molecule has 12 rings (SSSR count). The molecule has 272 valence electrons. The molecule has 0 unspecified atom stereocenters. The maximum Gasteiger partial charge on any atom is 0.181 e. The van der Waals surface area contributed by atoms with Crippen LogP contribution < -0.4 is 20.7 Å². The molecule has 3 nitrogen and oxygen atoms in total. The van der Waals surface area contributed by atoms with Crippen LogP contribution in [0.2, 0.25) is 0 Å². The lowest BCUT2D eigenvalue weighted by atomic mass is 10.1. The predicted molar refractivity (Wildman–Crippen MR) is 246 cm³/mol. The van der Waals surface area contributed by atoms with E-state index in [-0.39, 0.29) is 0 Å². The van der Waals surface area contributed by atoms with Gasteiger partial charge in [0.15, 0.2) is 8.07 Å². The lowest BCUT2D eigenvalue weighted by Crippen LogP contribution is -2.75. The molecule has 9 aromatic carbocycles. The van der Waals surface area contributed by atoms with Crippen molar-refractivity contribution in [3.8, 4) is 11.4 Å². The van der Waals surface area contributed by atoms with Gasteiger partial charge in [-0.15, -0.1) is 0 Å². The number of rotatable bonds is 6. The van der Waals surface area contributed by atoms with Gasteiger partial charge in [-0.1, -0.05) is 164 Å². The van der Waals surface area contributed by atoms with Gasteiger partial charge in [0.2, 0.25) is 0 Å². The summed E-state index contributed by atoms with van der Waals surface area (Å²) in [5.41, 5.74) is 8.92. The Morgan fingerprint density at radius 2 is 0.845 bits per heavy atom. The van der Waals surface area contributed by atoms with Crippen molar-refractivity contribution in [1.82, 2.24) is 9.13 Å². The maximum atomic E-state index is 6.38. The summed E-state index contributed by atoms with van der Waals surface area (Å²) in [6.07, 6.45) is 0. The number of para-hydroxylation sites is 5. The fraction of sp³-hybridized carbons (Fsp3) is 0. The Labute approximate surface area is 336 Å². The van der Waals surface area contributed by atoms with Crippen LogP contribution in [0.25, 0.3) is 76.9 Å². The number of nitrogens with zero attached hydrogens (tertiary/aromatic N) is 2. The quantitative estimate of drug-likeness (QED) is 0.122. The molecular formula is C54H36N2OSi. The van der Waals surface area contributed by atoms with Gasteiger partial charge >= 0.3 is 0 Å². The number of benzene rings is 9. The molecule has 58 heavy (non-hydrogen) atoms. The molecule has 3 aromatic heterocycles. The largest absolute Gasteiger partial charge is 0.456 e. The SMILES string of the molecule is c1ccc(-n2c3ccccc3c3cccc([Si](c4ccccc4)(c4ccccc4)c4ccc(-n5c6ccccc6c6c7c(ccc65)oc5ccccc57)cc4)c32)cc1. The smallest absolute Gasteiger partial charge is 0.181 e. The Morgan fingerprint density at radius 3 is 1.55 bits per heavy atom. The van der Waals surface area contributed by atoms with E-state index < -0.39 is 8.07 Å². The highest BCUT2D eigenvalue weighted by atomic mass is 28.3. The zero-order valence-electron chi connectivity index (χ0n) is 31.6. The van der Waals surface area contributed by atoms with E-state index >= 15 is 0 Å². The Morgan fingerprint density at radius 1 is 0.310 bits per heavy atom. The van der Waals surface area contributed by atoms with Gasteiger partial charge in [0.25, 0.3) is 0 Å². The van der Waals surface area contributed by atoms with E-state index in [4.69, 9.17) is 4.42 Å². The van der Waals surface area contributed by atoms with Gasteiger partial charge < -0.3 is 13.6 Å². The number of hydrogen-bond donors (Lipinski definition) is 0. The van der Waals surface area contributed by atoms with E-state index in [1.54, 1.807) is 0 Å². The fourth-order valence-corrected chi connectivity index (χ4v) is 14.9. The van der Waals surface area contributed by atoms with Gasteiger partial charge in [-0.2, -0.15) is 0 Å². The lowest BCUT2D eigenvalue weighted by molar-refractivity contribution is 0.669. The highest BCUT2D eigenvalue weighted by Gasteiger charge is 2.43. The minimum Gasteiger partial charge on any atom is -0.456 e. The van der Waals surface area contributed by atoms with Crippen molar-refractivity contribution in [2.24, 2.45) is 0 Å². The Balaban J connectivity index is 1.17. The molecule has 0 amide bonds. The number of hydrogen-bond acceptors (Lipinski definition) is 1. The third-order valence-corrected chi connectivity index (χ3v) is 17.1. The van der Waals surface area contributed by atoms with E-state index in [1.807, 2.05) is 6.07 Å². The molecule has 12 aromatic rings. The van der Waals surface area contributed by atoms with E-state index in [9.17, 15) is 0 Å². The van der Waals surface area contributed by atoms with Gasteiger partial charge in [0.05, 0.1) is 22.1 Å². The van der Waals surface area contributed by atoms with Crippen molar-refractivity contribution in [3.05, 3.63) is 218 Å². The Bertz CT molecular complexity index is 3450. The van der Waals surface area contributed by atoms with Gasteiger partial charge in [-0.25, -0.2) is 0 Å². The van der Waals surface area contributed by atoms with Gasteiger partial charge in [-0.3, -0.25) is 0 Å². The van der Waals surface area contributed by atoms with Crippen LogP contribution in [-0.2, 0) is 0 Å². The highest BCUT2D eigenvalue weighted by Crippen LogP contribution is 2.41. The lowest BCUT2D eigenvalue weighted by Gasteiger charge is -2.35. The van der Waals surface area contributed by atoms with E-state index in [0.29, 0.717) is 0 Å². The molecule has 0 spiro atoms. The van der Waals surface area contributed by atoms with Crippen LogP contribution >= 0.6 is 0 Å². The van der Waals surface area contributed by atoms with Gasteiger partial charge in [0.1, 0.15) is 11.2 Å². The second-order valence-corrected chi connectivity index (χ2v) is 19.0.